The van der Waals surface area contributed by atoms with E-state index in [1.54, 1.807) is 0 Å². The molecule has 1 saturated heterocycles. The number of rotatable bonds is 7. The maximum absolute atomic E-state index is 12.0. The Kier molecular flexibility index (Phi) is 6.03. The van der Waals surface area contributed by atoms with Gasteiger partial charge in [-0.1, -0.05) is 13.8 Å². The van der Waals surface area contributed by atoms with Gasteiger partial charge >= 0.3 is 0 Å². The van der Waals surface area contributed by atoms with Gasteiger partial charge < -0.3 is 15.5 Å². The van der Waals surface area contributed by atoms with Gasteiger partial charge in [0.1, 0.15) is 0 Å². The van der Waals surface area contributed by atoms with Crippen LogP contribution in [0.4, 0.5) is 0 Å². The molecule has 2 amide bonds. The summed E-state index contributed by atoms with van der Waals surface area (Å²) < 4.78 is 0. The van der Waals surface area contributed by atoms with E-state index < -0.39 is 0 Å². The van der Waals surface area contributed by atoms with Gasteiger partial charge in [-0.2, -0.15) is 0 Å². The second kappa shape index (κ2) is 7.78. The maximum atomic E-state index is 12.0. The lowest BCUT2D eigenvalue weighted by molar-refractivity contribution is -0.133. The van der Waals surface area contributed by atoms with Crippen molar-refractivity contribution in [2.45, 2.75) is 52.0 Å². The fourth-order valence-electron chi connectivity index (χ4n) is 2.74. The minimum absolute atomic E-state index is 0.0857. The van der Waals surface area contributed by atoms with Crippen molar-refractivity contribution >= 4 is 11.8 Å². The maximum Gasteiger partial charge on any atom is 0.234 e. The predicted octanol–water partition coefficient (Wildman–Crippen LogP) is 1.14. The quantitative estimate of drug-likeness (QED) is 0.740. The summed E-state index contributed by atoms with van der Waals surface area (Å²) in [4.78, 5) is 25.7. The van der Waals surface area contributed by atoms with E-state index in [1.165, 1.54) is 12.8 Å². The van der Waals surface area contributed by atoms with E-state index in [2.05, 4.69) is 24.5 Å². The van der Waals surface area contributed by atoms with Crippen molar-refractivity contribution in [3.05, 3.63) is 0 Å². The topological polar surface area (TPSA) is 61.4 Å². The summed E-state index contributed by atoms with van der Waals surface area (Å²) in [5, 5.41) is 6.28. The molecule has 2 rings (SSSR count). The Bertz CT molecular complexity index is 359. The number of nitrogens with one attached hydrogen (secondary N) is 2. The van der Waals surface area contributed by atoms with E-state index in [-0.39, 0.29) is 17.9 Å². The molecule has 1 heterocycles. The molecule has 1 aliphatic heterocycles. The smallest absolute Gasteiger partial charge is 0.234 e. The van der Waals surface area contributed by atoms with E-state index in [0.717, 1.165) is 38.4 Å². The highest BCUT2D eigenvalue weighted by Gasteiger charge is 2.24. The van der Waals surface area contributed by atoms with Crippen LogP contribution >= 0.6 is 0 Å². The van der Waals surface area contributed by atoms with Crippen LogP contribution < -0.4 is 10.6 Å². The van der Waals surface area contributed by atoms with Gasteiger partial charge in [0.05, 0.1) is 6.54 Å². The third kappa shape index (κ3) is 6.04. The average molecular weight is 295 g/mol. The summed E-state index contributed by atoms with van der Waals surface area (Å²) in [5.74, 6) is 1.55. The number of amides is 2. The van der Waals surface area contributed by atoms with Crippen molar-refractivity contribution in [1.82, 2.24) is 15.5 Å². The van der Waals surface area contributed by atoms with Crippen LogP contribution in [0.25, 0.3) is 0 Å². The first kappa shape index (κ1) is 16.3. The summed E-state index contributed by atoms with van der Waals surface area (Å²) in [5.41, 5.74) is 0. The van der Waals surface area contributed by atoms with Crippen molar-refractivity contribution < 1.29 is 9.59 Å². The van der Waals surface area contributed by atoms with Gasteiger partial charge in [-0.3, -0.25) is 9.59 Å². The minimum Gasteiger partial charge on any atom is -0.352 e. The zero-order valence-corrected chi connectivity index (χ0v) is 13.4. The Morgan fingerprint density at radius 2 is 1.81 bits per heavy atom. The first-order chi connectivity index (χ1) is 10.0. The summed E-state index contributed by atoms with van der Waals surface area (Å²) in [6.07, 6.45) is 4.98. The van der Waals surface area contributed by atoms with E-state index in [0.29, 0.717) is 18.9 Å². The molecule has 21 heavy (non-hydrogen) atoms. The van der Waals surface area contributed by atoms with Crippen molar-refractivity contribution in [3.63, 3.8) is 0 Å². The van der Waals surface area contributed by atoms with Crippen molar-refractivity contribution in [1.29, 1.82) is 0 Å². The average Bonchev–Trinajstić information content (AvgIpc) is 3.23. The molecule has 0 aromatic carbocycles. The van der Waals surface area contributed by atoms with Crippen molar-refractivity contribution in [3.8, 4) is 0 Å². The van der Waals surface area contributed by atoms with Gasteiger partial charge in [-0.15, -0.1) is 0 Å². The molecular weight excluding hydrogens is 266 g/mol. The van der Waals surface area contributed by atoms with Crippen LogP contribution in [-0.4, -0.2) is 48.9 Å². The van der Waals surface area contributed by atoms with Crippen molar-refractivity contribution in [2.24, 2.45) is 11.8 Å². The largest absolute Gasteiger partial charge is 0.352 e. The summed E-state index contributed by atoms with van der Waals surface area (Å²) >= 11 is 0. The van der Waals surface area contributed by atoms with Gasteiger partial charge in [0.25, 0.3) is 0 Å². The lowest BCUT2D eigenvalue weighted by Gasteiger charge is -2.33. The van der Waals surface area contributed by atoms with E-state index in [1.807, 2.05) is 4.90 Å². The highest BCUT2D eigenvalue weighted by Crippen LogP contribution is 2.27. The summed E-state index contributed by atoms with van der Waals surface area (Å²) in [6.45, 7) is 7.07. The number of likely N-dealkylation sites (tertiary alicyclic amines) is 1. The van der Waals surface area contributed by atoms with Gasteiger partial charge in [0.15, 0.2) is 0 Å². The molecule has 0 radical (unpaired) electrons. The van der Waals surface area contributed by atoms with E-state index in [4.69, 9.17) is 0 Å². The van der Waals surface area contributed by atoms with Crippen LogP contribution in [0, 0.1) is 11.8 Å². The van der Waals surface area contributed by atoms with Crippen LogP contribution in [0.1, 0.15) is 46.0 Å². The number of hydrogen-bond acceptors (Lipinski definition) is 3. The molecule has 0 atom stereocenters. The second-order valence-electron chi connectivity index (χ2n) is 6.89. The van der Waals surface area contributed by atoms with Gasteiger partial charge in [0, 0.05) is 25.6 Å². The molecule has 0 aromatic rings. The Labute approximate surface area is 127 Å². The molecule has 0 bridgehead atoms. The number of piperidine rings is 1. The number of carbonyl (C=O) groups excluding carboxylic acids is 2. The van der Waals surface area contributed by atoms with Gasteiger partial charge in [-0.25, -0.2) is 0 Å². The Hall–Kier alpha value is -1.10. The molecule has 5 heteroatoms. The summed E-state index contributed by atoms with van der Waals surface area (Å²) in [7, 11) is 0. The molecule has 2 aliphatic rings. The second-order valence-corrected chi connectivity index (χ2v) is 6.89. The Balaban J connectivity index is 1.59. The Morgan fingerprint density at radius 3 is 2.38 bits per heavy atom. The molecule has 1 aliphatic carbocycles. The number of carbonyl (C=O) groups is 2. The minimum atomic E-state index is 0.0857. The molecule has 2 N–H and O–H groups in total. The molecule has 120 valence electrons. The third-order valence-corrected chi connectivity index (χ3v) is 4.21. The van der Waals surface area contributed by atoms with Gasteiger partial charge in [-0.05, 0) is 44.1 Å². The van der Waals surface area contributed by atoms with E-state index >= 15 is 0 Å². The Morgan fingerprint density at radius 1 is 1.14 bits per heavy atom. The monoisotopic (exact) mass is 295 g/mol. The van der Waals surface area contributed by atoms with Crippen LogP contribution in [0.2, 0.25) is 0 Å². The molecular formula is C16H29N3O2. The zero-order valence-electron chi connectivity index (χ0n) is 13.4. The van der Waals surface area contributed by atoms with Gasteiger partial charge in [0.2, 0.25) is 11.8 Å². The molecule has 5 nitrogen and oxygen atoms in total. The molecule has 0 spiro atoms. The first-order valence-corrected chi connectivity index (χ1v) is 8.32. The molecule has 1 saturated carbocycles. The third-order valence-electron chi connectivity index (χ3n) is 4.21. The lowest BCUT2D eigenvalue weighted by atomic mass is 10.0. The van der Waals surface area contributed by atoms with E-state index in [9.17, 15) is 9.59 Å². The van der Waals surface area contributed by atoms with Crippen LogP contribution in [0.15, 0.2) is 0 Å². The van der Waals surface area contributed by atoms with Crippen molar-refractivity contribution in [2.75, 3.05) is 26.2 Å². The highest BCUT2D eigenvalue weighted by molar-refractivity contribution is 5.78. The summed E-state index contributed by atoms with van der Waals surface area (Å²) in [6, 6.07) is 0.225. The predicted molar refractivity (Wildman–Crippen MR) is 82.8 cm³/mol. The zero-order chi connectivity index (χ0) is 15.2. The molecule has 0 aromatic heterocycles. The highest BCUT2D eigenvalue weighted by atomic mass is 16.2. The SMILES string of the molecule is CC(C)CC(=O)N1CCC(NC(=O)CNCC2CC2)CC1. The standard InChI is InChI=1S/C16H29N3O2/c1-12(2)9-16(21)19-7-5-14(6-8-19)18-15(20)11-17-10-13-3-4-13/h12-14,17H,3-11H2,1-2H3,(H,18,20). The number of nitrogens with zero attached hydrogens (tertiary/aromatic N) is 1. The molecule has 0 unspecified atom stereocenters. The normalized spacial score (nSPS) is 19.9. The fraction of sp³-hybridized carbons (Fsp3) is 0.875. The fourth-order valence-corrected chi connectivity index (χ4v) is 2.74. The first-order valence-electron chi connectivity index (χ1n) is 8.32. The lowest BCUT2D eigenvalue weighted by Crippen LogP contribution is -2.48. The van der Waals surface area contributed by atoms with Crippen LogP contribution in [-0.2, 0) is 9.59 Å². The van der Waals surface area contributed by atoms with Crippen LogP contribution in [0.3, 0.4) is 0 Å². The van der Waals surface area contributed by atoms with Crippen LogP contribution in [0.5, 0.6) is 0 Å². The number of hydrogen-bond donors (Lipinski definition) is 2. The molecule has 2 fully saturated rings.